The molecular formula is C26H35F2N5O7. The quantitative estimate of drug-likeness (QED) is 0.215. The monoisotopic (exact) mass is 567 g/mol. The van der Waals surface area contributed by atoms with E-state index >= 15 is 4.39 Å². The van der Waals surface area contributed by atoms with E-state index in [0.717, 1.165) is 26.2 Å². The molecule has 0 bridgehead atoms. The minimum absolute atomic E-state index is 0. The highest BCUT2D eigenvalue weighted by atomic mass is 19.1. The lowest BCUT2D eigenvalue weighted by atomic mass is 10.0. The molecule has 7 N–H and O–H groups in total. The van der Waals surface area contributed by atoms with Crippen molar-refractivity contribution in [3.63, 3.8) is 0 Å². The number of piperazine rings is 1. The fourth-order valence-corrected chi connectivity index (χ4v) is 4.36. The average molecular weight is 568 g/mol. The van der Waals surface area contributed by atoms with Crippen LogP contribution in [0.3, 0.4) is 0 Å². The van der Waals surface area contributed by atoms with Crippen LogP contribution in [-0.4, -0.2) is 119 Å². The summed E-state index contributed by atoms with van der Waals surface area (Å²) >= 11 is 0. The van der Waals surface area contributed by atoms with E-state index in [2.05, 4.69) is 20.2 Å². The van der Waals surface area contributed by atoms with Gasteiger partial charge in [0.05, 0.1) is 31.5 Å². The molecule has 0 saturated carbocycles. The third-order valence-corrected chi connectivity index (χ3v) is 6.71. The molecule has 0 radical (unpaired) electrons. The van der Waals surface area contributed by atoms with Crippen molar-refractivity contribution in [2.45, 2.75) is 24.5 Å². The van der Waals surface area contributed by atoms with Crippen LogP contribution in [0.5, 0.6) is 11.5 Å². The largest absolute Gasteiger partial charge is 0.493 e. The summed E-state index contributed by atoms with van der Waals surface area (Å²) in [5, 5.41) is 42.4. The Balaban J connectivity index is 0.00000441. The first-order valence-corrected chi connectivity index (χ1v) is 12.5. The summed E-state index contributed by atoms with van der Waals surface area (Å²) in [7, 11) is 3.41. The van der Waals surface area contributed by atoms with Crippen molar-refractivity contribution in [2.75, 3.05) is 63.8 Å². The number of methoxy groups -OCH3 is 1. The van der Waals surface area contributed by atoms with Crippen LogP contribution >= 0.6 is 0 Å². The highest BCUT2D eigenvalue weighted by molar-refractivity contribution is 5.93. The third kappa shape index (κ3) is 6.83. The number of nitrogens with one attached hydrogen (secondary N) is 1. The highest BCUT2D eigenvalue weighted by Gasteiger charge is 2.34. The van der Waals surface area contributed by atoms with Gasteiger partial charge in [-0.25, -0.2) is 18.7 Å². The van der Waals surface area contributed by atoms with Gasteiger partial charge >= 0.3 is 0 Å². The van der Waals surface area contributed by atoms with Gasteiger partial charge in [-0.15, -0.1) is 0 Å². The zero-order chi connectivity index (χ0) is 28.1. The Morgan fingerprint density at radius 3 is 2.35 bits per heavy atom. The van der Waals surface area contributed by atoms with Gasteiger partial charge in [0, 0.05) is 43.3 Å². The molecule has 12 nitrogen and oxygen atoms in total. The van der Waals surface area contributed by atoms with Crippen molar-refractivity contribution in [1.29, 1.82) is 0 Å². The first kappa shape index (κ1) is 31.1. The van der Waals surface area contributed by atoms with Crippen molar-refractivity contribution in [3.8, 4) is 11.5 Å². The summed E-state index contributed by atoms with van der Waals surface area (Å²) in [5.41, 5.74) is 1.41. The fraction of sp³-hybridized carbons (Fsp3) is 0.462. The van der Waals surface area contributed by atoms with Gasteiger partial charge in [0.1, 0.15) is 30.2 Å². The smallest absolute Gasteiger partial charge is 0.164 e. The first-order valence-electron chi connectivity index (χ1n) is 12.5. The van der Waals surface area contributed by atoms with E-state index in [1.165, 1.54) is 25.6 Å². The van der Waals surface area contributed by atoms with E-state index in [1.54, 1.807) is 18.2 Å². The summed E-state index contributed by atoms with van der Waals surface area (Å²) in [6.07, 6.45) is -6.09. The van der Waals surface area contributed by atoms with Gasteiger partial charge in [-0.1, -0.05) is 0 Å². The number of hydrogen-bond donors (Lipinski definition) is 5. The zero-order valence-corrected chi connectivity index (χ0v) is 22.2. The number of anilines is 3. The Bertz CT molecular complexity index is 1270. The summed E-state index contributed by atoms with van der Waals surface area (Å²) in [6, 6.07) is 7.93. The number of fused-ring (bicyclic) bond motifs is 1. The van der Waals surface area contributed by atoms with Crippen molar-refractivity contribution in [1.82, 2.24) is 14.9 Å². The van der Waals surface area contributed by atoms with Gasteiger partial charge in [-0.2, -0.15) is 0 Å². The molecule has 4 atom stereocenters. The number of rotatable bonds is 11. The number of alkyl halides is 1. The first-order chi connectivity index (χ1) is 18.7. The number of aromatic nitrogens is 2. The molecule has 3 aromatic rings. The molecule has 2 aromatic carbocycles. The molecule has 1 saturated heterocycles. The highest BCUT2D eigenvalue weighted by Crippen LogP contribution is 2.36. The van der Waals surface area contributed by atoms with Gasteiger partial charge in [0.15, 0.2) is 23.8 Å². The maximum atomic E-state index is 15.0. The van der Waals surface area contributed by atoms with Gasteiger partial charge in [0.25, 0.3) is 0 Å². The molecule has 0 unspecified atom stereocenters. The molecule has 220 valence electrons. The SMILES string of the molecule is COc1cc2c(Nc3ccc(N4CCN(C)CC4)c(F)c3)ncnc2cc1O[C@@H](CO)[C@@H](O)[C@H](O)[C@@H](F)CO.O. The Morgan fingerprint density at radius 1 is 1.00 bits per heavy atom. The second kappa shape index (κ2) is 13.8. The molecule has 1 aliphatic rings. The van der Waals surface area contributed by atoms with Gasteiger partial charge in [-0.3, -0.25) is 0 Å². The molecular weight excluding hydrogens is 532 g/mol. The summed E-state index contributed by atoms with van der Waals surface area (Å²) in [5.74, 6) is 0.246. The number of likely N-dealkylation sites (N-methyl/N-ethyl adjacent to an activating group) is 1. The van der Waals surface area contributed by atoms with Crippen molar-refractivity contribution >= 4 is 28.1 Å². The molecule has 0 aliphatic carbocycles. The van der Waals surface area contributed by atoms with Crippen molar-refractivity contribution in [2.24, 2.45) is 0 Å². The van der Waals surface area contributed by atoms with Crippen LogP contribution in [0, 0.1) is 5.82 Å². The lowest BCUT2D eigenvalue weighted by Crippen LogP contribution is -2.48. The van der Waals surface area contributed by atoms with Crippen LogP contribution < -0.4 is 19.7 Å². The summed E-state index contributed by atoms with van der Waals surface area (Å²) in [6.45, 7) is 1.43. The fourth-order valence-electron chi connectivity index (χ4n) is 4.36. The van der Waals surface area contributed by atoms with Gasteiger partial charge < -0.3 is 50.5 Å². The number of nitrogens with zero attached hydrogens (tertiary/aromatic N) is 4. The van der Waals surface area contributed by atoms with Crippen LogP contribution in [0.25, 0.3) is 10.9 Å². The number of ether oxygens (including phenoxy) is 2. The van der Waals surface area contributed by atoms with Gasteiger partial charge in [0.2, 0.25) is 0 Å². The van der Waals surface area contributed by atoms with E-state index in [-0.39, 0.29) is 22.8 Å². The second-order valence-electron chi connectivity index (χ2n) is 9.34. The third-order valence-electron chi connectivity index (χ3n) is 6.71. The van der Waals surface area contributed by atoms with Crippen molar-refractivity contribution < 1.29 is 44.2 Å². The topological polar surface area (TPSA) is 175 Å². The predicted octanol–water partition coefficient (Wildman–Crippen LogP) is 0.240. The van der Waals surface area contributed by atoms with Crippen LogP contribution in [-0.2, 0) is 0 Å². The second-order valence-corrected chi connectivity index (χ2v) is 9.34. The number of halogens is 2. The molecule has 2 heterocycles. The summed E-state index contributed by atoms with van der Waals surface area (Å²) < 4.78 is 39.7. The number of aliphatic hydroxyl groups is 4. The molecule has 0 amide bonds. The van der Waals surface area contributed by atoms with Gasteiger partial charge in [-0.05, 0) is 31.3 Å². The maximum absolute atomic E-state index is 15.0. The van der Waals surface area contributed by atoms with Crippen LogP contribution in [0.15, 0.2) is 36.7 Å². The van der Waals surface area contributed by atoms with E-state index < -0.39 is 37.7 Å². The number of aliphatic hydroxyl groups excluding tert-OH is 4. The normalized spacial score (nSPS) is 17.1. The molecule has 1 aromatic heterocycles. The molecule has 1 aliphatic heterocycles. The van der Waals surface area contributed by atoms with E-state index in [0.29, 0.717) is 28.1 Å². The molecule has 0 spiro atoms. The maximum Gasteiger partial charge on any atom is 0.164 e. The summed E-state index contributed by atoms with van der Waals surface area (Å²) in [4.78, 5) is 12.7. The Hall–Kier alpha value is -3.40. The Kier molecular flexibility index (Phi) is 10.7. The van der Waals surface area contributed by atoms with E-state index in [1.807, 2.05) is 11.9 Å². The van der Waals surface area contributed by atoms with Crippen LogP contribution in [0.2, 0.25) is 0 Å². The lowest BCUT2D eigenvalue weighted by molar-refractivity contribution is -0.0981. The number of hydrogen-bond acceptors (Lipinski definition) is 11. The lowest BCUT2D eigenvalue weighted by Gasteiger charge is -2.34. The molecule has 14 heteroatoms. The zero-order valence-electron chi connectivity index (χ0n) is 22.2. The van der Waals surface area contributed by atoms with Crippen LogP contribution in [0.1, 0.15) is 0 Å². The minimum atomic E-state index is -2.13. The average Bonchev–Trinajstić information content (AvgIpc) is 2.95. The van der Waals surface area contributed by atoms with Crippen LogP contribution in [0.4, 0.5) is 26.0 Å². The van der Waals surface area contributed by atoms with Crippen molar-refractivity contribution in [3.05, 3.63) is 42.5 Å². The molecule has 1 fully saturated rings. The molecule has 4 rings (SSSR count). The Labute approximate surface area is 229 Å². The molecule has 40 heavy (non-hydrogen) atoms. The number of benzene rings is 2. The van der Waals surface area contributed by atoms with E-state index in [4.69, 9.17) is 14.6 Å². The standard InChI is InChI=1S/C26H33F2N5O6.H2O/c1-32-5-7-33(8-6-32)20-4-3-15(9-17(20)27)31-26-16-10-21(38-2)22(11-19(16)29-14-30-26)39-23(13-35)25(37)24(36)18(28)12-34;/h3-4,9-11,14,18,23-25,34-37H,5-8,12-13H2,1-2H3,(H,29,30,31);1H2/t18-,23-,24+,25+;/m0./s1. The minimum Gasteiger partial charge on any atom is -0.493 e. The predicted molar refractivity (Wildman–Crippen MR) is 145 cm³/mol. The Morgan fingerprint density at radius 2 is 1.73 bits per heavy atom. The van der Waals surface area contributed by atoms with E-state index in [9.17, 15) is 19.7 Å².